The number of imide groups is 1. The molecule has 0 radical (unpaired) electrons. The van der Waals surface area contributed by atoms with Gasteiger partial charge in [-0.05, 0) is 31.2 Å². The molecule has 2 aromatic carbocycles. The van der Waals surface area contributed by atoms with Crippen molar-refractivity contribution >= 4 is 29.5 Å². The molecule has 0 aliphatic carbocycles. The van der Waals surface area contributed by atoms with E-state index in [9.17, 15) is 23.2 Å². The van der Waals surface area contributed by atoms with Gasteiger partial charge in [-0.15, -0.1) is 11.8 Å². The number of benzene rings is 2. The SMILES string of the molecule is Cc1ccc2c(c1)C(=O)N(CCSc1cc(F)c(OCC(N)=O)c(F)c1)C2=O. The van der Waals surface area contributed by atoms with E-state index in [0.29, 0.717) is 11.1 Å². The maximum Gasteiger partial charge on any atom is 0.261 e. The first-order valence-corrected chi connectivity index (χ1v) is 9.26. The van der Waals surface area contributed by atoms with Crippen molar-refractivity contribution in [2.24, 2.45) is 5.73 Å². The summed E-state index contributed by atoms with van der Waals surface area (Å²) in [7, 11) is 0. The van der Waals surface area contributed by atoms with Gasteiger partial charge in [0, 0.05) is 17.2 Å². The van der Waals surface area contributed by atoms with Crippen LogP contribution >= 0.6 is 11.8 Å². The van der Waals surface area contributed by atoms with Crippen molar-refractivity contribution in [3.8, 4) is 5.75 Å². The molecule has 0 saturated carbocycles. The standard InChI is InChI=1S/C19H16F2N2O4S/c1-10-2-3-12-13(6-10)19(26)23(18(12)25)4-5-28-11-7-14(20)17(15(21)8-11)27-9-16(22)24/h2-3,6-8H,4-5,9H2,1H3,(H2,22,24). The van der Waals surface area contributed by atoms with E-state index in [-0.39, 0.29) is 29.0 Å². The van der Waals surface area contributed by atoms with Gasteiger partial charge in [-0.3, -0.25) is 19.3 Å². The summed E-state index contributed by atoms with van der Waals surface area (Å²) < 4.78 is 32.7. The third-order valence-corrected chi connectivity index (χ3v) is 5.00. The highest BCUT2D eigenvalue weighted by molar-refractivity contribution is 7.99. The lowest BCUT2D eigenvalue weighted by Gasteiger charge is -2.14. The molecule has 1 aliphatic heterocycles. The lowest BCUT2D eigenvalue weighted by molar-refractivity contribution is -0.120. The zero-order valence-electron chi connectivity index (χ0n) is 14.8. The summed E-state index contributed by atoms with van der Waals surface area (Å²) in [5.41, 5.74) is 6.48. The Hall–Kier alpha value is -2.94. The second-order valence-electron chi connectivity index (χ2n) is 6.13. The van der Waals surface area contributed by atoms with Crippen molar-refractivity contribution in [3.63, 3.8) is 0 Å². The largest absolute Gasteiger partial charge is 0.478 e. The van der Waals surface area contributed by atoms with Gasteiger partial charge in [0.1, 0.15) is 0 Å². The maximum atomic E-state index is 14.0. The van der Waals surface area contributed by atoms with Crippen LogP contribution in [0.4, 0.5) is 8.78 Å². The molecule has 28 heavy (non-hydrogen) atoms. The number of ether oxygens (including phenoxy) is 1. The van der Waals surface area contributed by atoms with E-state index in [1.807, 2.05) is 6.92 Å². The highest BCUT2D eigenvalue weighted by Gasteiger charge is 2.34. The van der Waals surface area contributed by atoms with Crippen LogP contribution in [0.25, 0.3) is 0 Å². The first-order valence-electron chi connectivity index (χ1n) is 8.27. The average molecular weight is 406 g/mol. The normalized spacial score (nSPS) is 13.0. The van der Waals surface area contributed by atoms with Crippen LogP contribution in [0.5, 0.6) is 5.75 Å². The summed E-state index contributed by atoms with van der Waals surface area (Å²) >= 11 is 1.08. The molecule has 0 spiro atoms. The fourth-order valence-electron chi connectivity index (χ4n) is 2.76. The van der Waals surface area contributed by atoms with Gasteiger partial charge in [-0.25, -0.2) is 8.78 Å². The minimum absolute atomic E-state index is 0.0965. The number of hydrogen-bond acceptors (Lipinski definition) is 5. The molecule has 0 fully saturated rings. The van der Waals surface area contributed by atoms with E-state index in [4.69, 9.17) is 10.5 Å². The Balaban J connectivity index is 1.63. The second kappa shape index (κ2) is 7.97. The van der Waals surface area contributed by atoms with Crippen molar-refractivity contribution in [1.82, 2.24) is 4.90 Å². The number of nitrogens with zero attached hydrogens (tertiary/aromatic N) is 1. The number of nitrogens with two attached hydrogens (primary N) is 1. The number of fused-ring (bicyclic) bond motifs is 1. The molecule has 2 N–H and O–H groups in total. The predicted octanol–water partition coefficient (Wildman–Crippen LogP) is 2.53. The number of thioether (sulfide) groups is 1. The molecule has 0 aromatic heterocycles. The Bertz CT molecular complexity index is 957. The van der Waals surface area contributed by atoms with Gasteiger partial charge in [0.25, 0.3) is 17.7 Å². The van der Waals surface area contributed by atoms with Crippen molar-refractivity contribution in [2.75, 3.05) is 18.9 Å². The monoisotopic (exact) mass is 406 g/mol. The van der Waals surface area contributed by atoms with Crippen molar-refractivity contribution in [3.05, 3.63) is 58.7 Å². The van der Waals surface area contributed by atoms with E-state index in [0.717, 1.165) is 34.4 Å². The number of carbonyl (C=O) groups excluding carboxylic acids is 3. The molecule has 0 unspecified atom stereocenters. The zero-order chi connectivity index (χ0) is 20.4. The fourth-order valence-corrected chi connectivity index (χ4v) is 3.65. The number of primary amides is 1. The lowest BCUT2D eigenvalue weighted by atomic mass is 10.1. The van der Waals surface area contributed by atoms with Crippen LogP contribution in [-0.2, 0) is 4.79 Å². The molecular weight excluding hydrogens is 390 g/mol. The van der Waals surface area contributed by atoms with Crippen molar-refractivity contribution < 1.29 is 27.9 Å². The minimum atomic E-state index is -0.972. The Labute approximate surface area is 163 Å². The van der Waals surface area contributed by atoms with Gasteiger partial charge in [-0.1, -0.05) is 11.6 Å². The number of hydrogen-bond donors (Lipinski definition) is 1. The van der Waals surface area contributed by atoms with Crippen molar-refractivity contribution in [2.45, 2.75) is 11.8 Å². The smallest absolute Gasteiger partial charge is 0.261 e. The van der Waals surface area contributed by atoms with E-state index < -0.39 is 29.9 Å². The first kappa shape index (κ1) is 19.8. The summed E-state index contributed by atoms with van der Waals surface area (Å²) in [6.07, 6.45) is 0. The third-order valence-electron chi connectivity index (χ3n) is 4.04. The molecule has 1 heterocycles. The molecule has 3 rings (SSSR count). The van der Waals surface area contributed by atoms with Gasteiger partial charge in [0.05, 0.1) is 11.1 Å². The van der Waals surface area contributed by atoms with Crippen LogP contribution in [0.3, 0.4) is 0 Å². The van der Waals surface area contributed by atoms with E-state index in [1.54, 1.807) is 18.2 Å². The lowest BCUT2D eigenvalue weighted by Crippen LogP contribution is -2.31. The molecule has 2 aromatic rings. The van der Waals surface area contributed by atoms with Crippen LogP contribution in [0.2, 0.25) is 0 Å². The van der Waals surface area contributed by atoms with Crippen LogP contribution in [0.1, 0.15) is 26.3 Å². The van der Waals surface area contributed by atoms with Crippen LogP contribution in [-0.4, -0.2) is 41.5 Å². The van der Waals surface area contributed by atoms with Crippen LogP contribution in [0, 0.1) is 18.6 Å². The average Bonchev–Trinajstić information content (AvgIpc) is 2.85. The summed E-state index contributed by atoms with van der Waals surface area (Å²) in [5, 5.41) is 0. The minimum Gasteiger partial charge on any atom is -0.478 e. The summed E-state index contributed by atoms with van der Waals surface area (Å²) in [5.74, 6) is -3.98. The quantitative estimate of drug-likeness (QED) is 0.564. The second-order valence-corrected chi connectivity index (χ2v) is 7.30. The van der Waals surface area contributed by atoms with Gasteiger partial charge in [0.15, 0.2) is 24.0 Å². The number of carbonyl (C=O) groups is 3. The van der Waals surface area contributed by atoms with Crippen molar-refractivity contribution in [1.29, 1.82) is 0 Å². The molecule has 0 atom stereocenters. The molecule has 9 heteroatoms. The highest BCUT2D eigenvalue weighted by atomic mass is 32.2. The highest BCUT2D eigenvalue weighted by Crippen LogP contribution is 2.29. The van der Waals surface area contributed by atoms with Gasteiger partial charge in [-0.2, -0.15) is 0 Å². The van der Waals surface area contributed by atoms with Gasteiger partial charge >= 0.3 is 0 Å². The summed E-state index contributed by atoms with van der Waals surface area (Å²) in [6, 6.07) is 7.15. The number of amides is 3. The Morgan fingerprint density at radius 3 is 2.39 bits per heavy atom. The summed E-state index contributed by atoms with van der Waals surface area (Å²) in [6.45, 7) is 1.29. The predicted molar refractivity (Wildman–Crippen MR) is 98.3 cm³/mol. The van der Waals surface area contributed by atoms with E-state index in [1.165, 1.54) is 0 Å². The third kappa shape index (κ3) is 3.99. The molecular formula is C19H16F2N2O4S. The number of aryl methyl sites for hydroxylation is 1. The molecule has 1 aliphatic rings. The van der Waals surface area contributed by atoms with E-state index >= 15 is 0 Å². The number of halogens is 2. The van der Waals surface area contributed by atoms with Crippen LogP contribution < -0.4 is 10.5 Å². The van der Waals surface area contributed by atoms with E-state index in [2.05, 4.69) is 0 Å². The molecule has 6 nitrogen and oxygen atoms in total. The fraction of sp³-hybridized carbons (Fsp3) is 0.211. The number of rotatable bonds is 7. The van der Waals surface area contributed by atoms with Gasteiger partial charge < -0.3 is 10.5 Å². The summed E-state index contributed by atoms with van der Waals surface area (Å²) in [4.78, 5) is 36.8. The first-order chi connectivity index (χ1) is 13.3. The maximum absolute atomic E-state index is 14.0. The topological polar surface area (TPSA) is 89.7 Å². The molecule has 3 amide bonds. The van der Waals surface area contributed by atoms with Crippen LogP contribution in [0.15, 0.2) is 35.2 Å². The Morgan fingerprint density at radius 1 is 1.11 bits per heavy atom. The molecule has 0 bridgehead atoms. The van der Waals surface area contributed by atoms with Gasteiger partial charge in [0.2, 0.25) is 0 Å². The zero-order valence-corrected chi connectivity index (χ0v) is 15.6. The Kier molecular flexibility index (Phi) is 5.64. The molecule has 0 saturated heterocycles. The molecule has 146 valence electrons. The Morgan fingerprint density at radius 2 is 1.75 bits per heavy atom.